The Morgan fingerprint density at radius 3 is 2.27 bits per heavy atom. The van der Waals surface area contributed by atoms with Crippen molar-refractivity contribution in [2.45, 2.75) is 32.1 Å². The van der Waals surface area contributed by atoms with Crippen molar-refractivity contribution >= 4 is 27.4 Å². The van der Waals surface area contributed by atoms with E-state index in [1.165, 1.54) is 36.8 Å². The zero-order valence-corrected chi connectivity index (χ0v) is 18.5. The summed E-state index contributed by atoms with van der Waals surface area (Å²) in [6.45, 7) is 7.49. The summed E-state index contributed by atoms with van der Waals surface area (Å²) in [6, 6.07) is 13.8. The average Bonchev–Trinajstić information content (AvgIpc) is 2.72. The predicted molar refractivity (Wildman–Crippen MR) is 118 cm³/mol. The van der Waals surface area contributed by atoms with Crippen LogP contribution in [0.3, 0.4) is 0 Å². The van der Waals surface area contributed by atoms with Crippen LogP contribution in [-0.2, 0) is 14.8 Å². The first-order valence-electron chi connectivity index (χ1n) is 9.92. The molecule has 0 saturated heterocycles. The topological polar surface area (TPSA) is 95.6 Å². The molecule has 0 aliphatic heterocycles. The predicted octanol–water partition coefficient (Wildman–Crippen LogP) is 2.51. The lowest BCUT2D eigenvalue weighted by atomic mass is 10.2. The molecule has 0 aliphatic rings. The number of hydrogen-bond acceptors (Lipinski definition) is 5. The maximum absolute atomic E-state index is 12.3. The second kappa shape index (κ2) is 10.9. The molecule has 2 aromatic rings. The zero-order valence-electron chi connectivity index (χ0n) is 17.6. The molecule has 7 nitrogen and oxygen atoms in total. The van der Waals surface area contributed by atoms with Crippen LogP contribution in [0.4, 0.5) is 5.69 Å². The Kier molecular flexibility index (Phi) is 8.56. The highest BCUT2D eigenvalue weighted by Crippen LogP contribution is 2.18. The van der Waals surface area contributed by atoms with E-state index < -0.39 is 10.0 Å². The first kappa shape index (κ1) is 23.6. The zero-order chi connectivity index (χ0) is 22.1. The van der Waals surface area contributed by atoms with Gasteiger partial charge >= 0.3 is 0 Å². The van der Waals surface area contributed by atoms with Crippen molar-refractivity contribution in [2.24, 2.45) is 0 Å². The number of Topliss-reactive ketones (excluding diaryl/α,β-unsaturated/α-hetero) is 1. The number of amides is 1. The first-order valence-corrected chi connectivity index (χ1v) is 11.4. The van der Waals surface area contributed by atoms with Crippen LogP contribution in [0.2, 0.25) is 0 Å². The molecule has 0 spiro atoms. The quantitative estimate of drug-likeness (QED) is 0.533. The minimum absolute atomic E-state index is 0.00207. The average molecular weight is 432 g/mol. The van der Waals surface area contributed by atoms with Crippen molar-refractivity contribution in [1.29, 1.82) is 0 Å². The molecule has 0 radical (unpaired) electrons. The first-order chi connectivity index (χ1) is 14.2. The van der Waals surface area contributed by atoms with E-state index in [-0.39, 0.29) is 29.6 Å². The van der Waals surface area contributed by atoms with Crippen molar-refractivity contribution in [3.05, 3.63) is 59.7 Å². The minimum Gasteiger partial charge on any atom is -0.370 e. The number of likely N-dealkylation sites (N-methyl/N-ethyl adjacent to an activating group) is 1. The van der Waals surface area contributed by atoms with Crippen LogP contribution in [0.1, 0.15) is 36.2 Å². The van der Waals surface area contributed by atoms with E-state index in [0.29, 0.717) is 18.7 Å². The van der Waals surface area contributed by atoms with Crippen molar-refractivity contribution in [2.75, 3.05) is 31.1 Å². The van der Waals surface area contributed by atoms with Crippen LogP contribution in [0, 0.1) is 6.92 Å². The largest absolute Gasteiger partial charge is 0.370 e. The summed E-state index contributed by atoms with van der Waals surface area (Å²) in [7, 11) is -3.73. The van der Waals surface area contributed by atoms with E-state index in [4.69, 9.17) is 0 Å². The fraction of sp³-hybridized carbons (Fsp3) is 0.364. The summed E-state index contributed by atoms with van der Waals surface area (Å²) in [5.41, 5.74) is 2.76. The number of ketones is 1. The van der Waals surface area contributed by atoms with E-state index in [0.717, 1.165) is 12.2 Å². The van der Waals surface area contributed by atoms with Crippen LogP contribution in [0.5, 0.6) is 0 Å². The van der Waals surface area contributed by atoms with Crippen molar-refractivity contribution in [3.63, 3.8) is 0 Å². The van der Waals surface area contributed by atoms with Gasteiger partial charge in [0.05, 0.1) is 4.90 Å². The normalized spacial score (nSPS) is 11.2. The van der Waals surface area contributed by atoms with Gasteiger partial charge in [-0.1, -0.05) is 30.3 Å². The lowest BCUT2D eigenvalue weighted by molar-refractivity contribution is -0.120. The molecular formula is C22H29N3O4S. The molecule has 0 aliphatic carbocycles. The number of anilines is 1. The second-order valence-corrected chi connectivity index (χ2v) is 8.71. The molecular weight excluding hydrogens is 402 g/mol. The molecule has 0 bridgehead atoms. The van der Waals surface area contributed by atoms with Gasteiger partial charge in [-0.15, -0.1) is 0 Å². The van der Waals surface area contributed by atoms with Crippen LogP contribution >= 0.6 is 0 Å². The van der Waals surface area contributed by atoms with Gasteiger partial charge in [0.1, 0.15) is 0 Å². The molecule has 1 amide bonds. The molecule has 0 heterocycles. The lowest BCUT2D eigenvalue weighted by Crippen LogP contribution is -2.36. The molecule has 30 heavy (non-hydrogen) atoms. The highest BCUT2D eigenvalue weighted by molar-refractivity contribution is 7.89. The molecule has 0 saturated carbocycles. The maximum atomic E-state index is 12.3. The number of carbonyl (C=O) groups is 2. The third-order valence-corrected chi connectivity index (χ3v) is 6.23. The van der Waals surface area contributed by atoms with Gasteiger partial charge in [-0.3, -0.25) is 9.59 Å². The number of sulfonamides is 1. The Hall–Kier alpha value is -2.71. The van der Waals surface area contributed by atoms with Gasteiger partial charge < -0.3 is 10.2 Å². The van der Waals surface area contributed by atoms with Crippen molar-refractivity contribution in [1.82, 2.24) is 10.0 Å². The number of nitrogens with one attached hydrogen (secondary N) is 2. The lowest BCUT2D eigenvalue weighted by Gasteiger charge is -2.25. The van der Waals surface area contributed by atoms with Crippen molar-refractivity contribution < 1.29 is 18.0 Å². The summed E-state index contributed by atoms with van der Waals surface area (Å²) in [6.07, 6.45) is 0.0429. The molecule has 162 valence electrons. The maximum Gasteiger partial charge on any atom is 0.240 e. The van der Waals surface area contributed by atoms with Gasteiger partial charge in [0.25, 0.3) is 0 Å². The number of carbonyl (C=O) groups excluding carboxylic acids is 2. The molecule has 0 fully saturated rings. The van der Waals surface area contributed by atoms with E-state index in [1.807, 2.05) is 12.1 Å². The van der Waals surface area contributed by atoms with Crippen LogP contribution in [-0.4, -0.2) is 46.3 Å². The third kappa shape index (κ3) is 6.67. The van der Waals surface area contributed by atoms with E-state index in [2.05, 4.69) is 40.9 Å². The summed E-state index contributed by atoms with van der Waals surface area (Å²) >= 11 is 0. The van der Waals surface area contributed by atoms with E-state index >= 15 is 0 Å². The van der Waals surface area contributed by atoms with Gasteiger partial charge in [-0.25, -0.2) is 13.1 Å². The molecule has 2 N–H and O–H groups in total. The van der Waals surface area contributed by atoms with Crippen LogP contribution in [0.15, 0.2) is 53.4 Å². The van der Waals surface area contributed by atoms with E-state index in [1.54, 1.807) is 0 Å². The van der Waals surface area contributed by atoms with Gasteiger partial charge in [-0.05, 0) is 44.5 Å². The summed E-state index contributed by atoms with van der Waals surface area (Å²) < 4.78 is 27.0. The fourth-order valence-corrected chi connectivity index (χ4v) is 4.07. The fourth-order valence-electron chi connectivity index (χ4n) is 3.04. The molecule has 8 heteroatoms. The SMILES string of the molecule is CCN(CCNC(=O)CCNS(=O)(=O)c1ccc(C(C)=O)cc1)c1ccccc1C. The molecule has 0 aromatic heterocycles. The highest BCUT2D eigenvalue weighted by atomic mass is 32.2. The van der Waals surface area contributed by atoms with E-state index in [9.17, 15) is 18.0 Å². The number of para-hydroxylation sites is 1. The number of nitrogens with zero attached hydrogens (tertiary/aromatic N) is 1. The smallest absolute Gasteiger partial charge is 0.240 e. The Bertz CT molecular complexity index is 972. The van der Waals surface area contributed by atoms with Gasteiger partial charge in [0.15, 0.2) is 5.78 Å². The number of aryl methyl sites for hydroxylation is 1. The Labute approximate surface area is 178 Å². The monoisotopic (exact) mass is 431 g/mol. The Balaban J connectivity index is 1.77. The van der Waals surface area contributed by atoms with Crippen LogP contribution in [0.25, 0.3) is 0 Å². The van der Waals surface area contributed by atoms with Crippen molar-refractivity contribution in [3.8, 4) is 0 Å². The third-order valence-electron chi connectivity index (χ3n) is 4.76. The van der Waals surface area contributed by atoms with Gasteiger partial charge in [0, 0.05) is 43.9 Å². The summed E-state index contributed by atoms with van der Waals surface area (Å²) in [5, 5.41) is 2.83. The number of rotatable bonds is 11. The number of hydrogen-bond donors (Lipinski definition) is 2. The molecule has 0 unspecified atom stereocenters. The Morgan fingerprint density at radius 2 is 1.67 bits per heavy atom. The molecule has 2 aromatic carbocycles. The van der Waals surface area contributed by atoms with Gasteiger partial charge in [0.2, 0.25) is 15.9 Å². The minimum atomic E-state index is -3.73. The molecule has 2 rings (SSSR count). The Morgan fingerprint density at radius 1 is 1.00 bits per heavy atom. The van der Waals surface area contributed by atoms with Gasteiger partial charge in [-0.2, -0.15) is 0 Å². The molecule has 0 atom stereocenters. The highest BCUT2D eigenvalue weighted by Gasteiger charge is 2.15. The summed E-state index contributed by atoms with van der Waals surface area (Å²) in [5.74, 6) is -0.349. The second-order valence-electron chi connectivity index (χ2n) is 6.94. The van der Waals surface area contributed by atoms with Crippen LogP contribution < -0.4 is 14.9 Å². The number of benzene rings is 2. The summed E-state index contributed by atoms with van der Waals surface area (Å²) in [4.78, 5) is 25.6. The standard InChI is InChI=1S/C22H29N3O4S/c1-4-25(21-8-6-5-7-17(21)2)16-15-23-22(27)13-14-24-30(28,29)20-11-9-19(10-12-20)18(3)26/h5-12,24H,4,13-16H2,1-3H3,(H,23,27).